The highest BCUT2D eigenvalue weighted by atomic mass is 15.0. The molecule has 10 aromatic rings. The van der Waals surface area contributed by atoms with Crippen LogP contribution in [-0.4, -0.2) is 18.9 Å². The molecule has 0 aliphatic heterocycles. The van der Waals surface area contributed by atoms with Gasteiger partial charge in [0.25, 0.3) is 0 Å². The smallest absolute Gasteiger partial charge is 0.0971 e. The fourth-order valence-corrected chi connectivity index (χ4v) is 7.94. The van der Waals surface area contributed by atoms with Gasteiger partial charge in [0, 0.05) is 66.6 Å². The van der Waals surface area contributed by atoms with Crippen LogP contribution in [0, 0.1) is 0 Å². The van der Waals surface area contributed by atoms with E-state index in [2.05, 4.69) is 118 Å². The number of nitrogens with zero attached hydrogens (tertiary/aromatic N) is 4. The Hall–Kier alpha value is -5.74. The average molecular weight is 533 g/mol. The van der Waals surface area contributed by atoms with Gasteiger partial charge in [-0.25, -0.2) is 0 Å². The van der Waals surface area contributed by atoms with E-state index in [-0.39, 0.29) is 0 Å². The molecule has 0 radical (unpaired) electrons. The van der Waals surface area contributed by atoms with Gasteiger partial charge in [-0.15, -0.1) is 0 Å². The second kappa shape index (κ2) is 7.12. The maximum Gasteiger partial charge on any atom is 0.0971 e. The second-order valence-electron chi connectivity index (χ2n) is 11.4. The molecule has 0 amide bonds. The van der Waals surface area contributed by atoms with Crippen LogP contribution in [0.4, 0.5) is 0 Å². The fraction of sp³-hybridized carbons (Fsp3) is 0. The quantitative estimate of drug-likeness (QED) is 0.211. The van der Waals surface area contributed by atoms with Crippen molar-refractivity contribution in [1.29, 1.82) is 0 Å². The zero-order valence-electron chi connectivity index (χ0n) is 22.3. The van der Waals surface area contributed by atoms with Gasteiger partial charge >= 0.3 is 0 Å². The van der Waals surface area contributed by atoms with Crippen molar-refractivity contribution in [2.24, 2.45) is 0 Å². The van der Waals surface area contributed by atoms with E-state index in [1.807, 2.05) is 0 Å². The molecule has 4 heterocycles. The van der Waals surface area contributed by atoms with Crippen molar-refractivity contribution < 1.29 is 0 Å². The van der Waals surface area contributed by atoms with Crippen molar-refractivity contribution in [3.05, 3.63) is 122 Å². The summed E-state index contributed by atoms with van der Waals surface area (Å²) in [4.78, 5) is 9.45. The van der Waals surface area contributed by atoms with E-state index < -0.39 is 0 Å². The molecule has 0 fully saturated rings. The van der Waals surface area contributed by atoms with E-state index >= 15 is 0 Å². The molecule has 6 aromatic carbocycles. The van der Waals surface area contributed by atoms with Crippen LogP contribution >= 0.6 is 0 Å². The van der Waals surface area contributed by atoms with Crippen molar-refractivity contribution in [2.75, 3.05) is 0 Å². The molecule has 0 saturated carbocycles. The van der Waals surface area contributed by atoms with Gasteiger partial charge in [-0.05, 0) is 36.4 Å². The zero-order valence-corrected chi connectivity index (χ0v) is 22.3. The zero-order chi connectivity index (χ0) is 27.1. The summed E-state index contributed by atoms with van der Waals surface area (Å²) in [5.74, 6) is 0. The van der Waals surface area contributed by atoms with Gasteiger partial charge in [-0.3, -0.25) is 9.97 Å². The minimum atomic E-state index is 0.969. The van der Waals surface area contributed by atoms with Crippen molar-refractivity contribution in [3.63, 3.8) is 0 Å². The summed E-state index contributed by atoms with van der Waals surface area (Å²) < 4.78 is 4.96. The highest BCUT2D eigenvalue weighted by Gasteiger charge is 2.27. The molecule has 4 heteroatoms. The standard InChI is InChI=1S/C38H20N4/c1-4-13-28-21(8-1)27-20-32-34(35-24-10-3-6-15-30(24)42(28)38(27)35)23-9-2-5-14-29(23)41(32)31-17-16-26-33-22(31)11-7-12-25(33)36-37(26)40-19-18-39-36/h1-20H. The summed E-state index contributed by atoms with van der Waals surface area (Å²) in [5.41, 5.74) is 11.7. The summed E-state index contributed by atoms with van der Waals surface area (Å²) in [5, 5.41) is 10.2. The lowest BCUT2D eigenvalue weighted by atomic mass is 10.0. The molecular formula is C38H20N4. The van der Waals surface area contributed by atoms with E-state index in [1.165, 1.54) is 76.4 Å². The van der Waals surface area contributed by atoms with Gasteiger partial charge in [-0.2, -0.15) is 0 Å². The summed E-state index contributed by atoms with van der Waals surface area (Å²) in [7, 11) is 0. The first kappa shape index (κ1) is 21.1. The van der Waals surface area contributed by atoms with Gasteiger partial charge in [0.2, 0.25) is 0 Å². The molecule has 0 N–H and O–H groups in total. The van der Waals surface area contributed by atoms with Gasteiger partial charge < -0.3 is 8.97 Å². The van der Waals surface area contributed by atoms with Gasteiger partial charge in [0.1, 0.15) is 0 Å². The highest BCUT2D eigenvalue weighted by Crippen LogP contribution is 2.49. The van der Waals surface area contributed by atoms with E-state index in [0.29, 0.717) is 0 Å². The first-order valence-electron chi connectivity index (χ1n) is 14.4. The molecule has 4 aromatic heterocycles. The third-order valence-corrected chi connectivity index (χ3v) is 9.47. The van der Waals surface area contributed by atoms with Gasteiger partial charge in [-0.1, -0.05) is 72.8 Å². The molecule has 0 spiro atoms. The maximum absolute atomic E-state index is 4.73. The van der Waals surface area contributed by atoms with E-state index in [4.69, 9.17) is 9.97 Å². The molecule has 1 aliphatic rings. The Balaban J connectivity index is 1.39. The number of fused-ring (bicyclic) bond motifs is 13. The van der Waals surface area contributed by atoms with Gasteiger partial charge in [0.15, 0.2) is 0 Å². The van der Waals surface area contributed by atoms with E-state index in [1.54, 1.807) is 12.4 Å². The third-order valence-electron chi connectivity index (χ3n) is 9.47. The fourth-order valence-electron chi connectivity index (χ4n) is 7.94. The first-order chi connectivity index (χ1) is 20.9. The van der Waals surface area contributed by atoms with Crippen molar-refractivity contribution in [3.8, 4) is 28.2 Å². The van der Waals surface area contributed by atoms with Crippen LogP contribution in [0.25, 0.3) is 98.9 Å². The van der Waals surface area contributed by atoms with Gasteiger partial charge in [0.05, 0.1) is 44.7 Å². The number of rotatable bonds is 1. The molecule has 0 unspecified atom stereocenters. The van der Waals surface area contributed by atoms with Crippen LogP contribution in [0.5, 0.6) is 0 Å². The number of hydrogen-bond acceptors (Lipinski definition) is 2. The molecule has 0 bridgehead atoms. The summed E-state index contributed by atoms with van der Waals surface area (Å²) in [6.07, 6.45) is 3.58. The Bertz CT molecular complexity index is 2770. The predicted octanol–water partition coefficient (Wildman–Crippen LogP) is 9.52. The molecule has 0 atom stereocenters. The van der Waals surface area contributed by atoms with E-state index in [0.717, 1.165) is 22.5 Å². The summed E-state index contributed by atoms with van der Waals surface area (Å²) >= 11 is 0. The minimum Gasteiger partial charge on any atom is -0.309 e. The van der Waals surface area contributed by atoms with Crippen molar-refractivity contribution in [1.82, 2.24) is 18.9 Å². The number of hydrogen-bond donors (Lipinski definition) is 0. The number of benzene rings is 6. The molecule has 11 rings (SSSR count). The summed E-state index contributed by atoms with van der Waals surface area (Å²) in [6, 6.07) is 40.1. The largest absolute Gasteiger partial charge is 0.309 e. The van der Waals surface area contributed by atoms with Crippen LogP contribution in [0.15, 0.2) is 122 Å². The van der Waals surface area contributed by atoms with Crippen molar-refractivity contribution in [2.45, 2.75) is 0 Å². The van der Waals surface area contributed by atoms with Crippen LogP contribution in [0.2, 0.25) is 0 Å². The monoisotopic (exact) mass is 532 g/mol. The maximum atomic E-state index is 4.73. The second-order valence-corrected chi connectivity index (χ2v) is 11.4. The lowest BCUT2D eigenvalue weighted by Gasteiger charge is -2.13. The predicted molar refractivity (Wildman–Crippen MR) is 173 cm³/mol. The molecule has 42 heavy (non-hydrogen) atoms. The molecule has 4 nitrogen and oxygen atoms in total. The number of para-hydroxylation sites is 3. The Kier molecular flexibility index (Phi) is 3.57. The van der Waals surface area contributed by atoms with Crippen molar-refractivity contribution >= 4 is 70.7 Å². The molecular weight excluding hydrogens is 512 g/mol. The Morgan fingerprint density at radius 2 is 1.05 bits per heavy atom. The normalized spacial score (nSPS) is 12.8. The molecule has 1 aliphatic carbocycles. The molecule has 0 saturated heterocycles. The lowest BCUT2D eigenvalue weighted by molar-refractivity contribution is 1.20. The lowest BCUT2D eigenvalue weighted by Crippen LogP contribution is -1.96. The SMILES string of the molecule is c1cc2c3c(ccc(-n4c5ccccc5c5c6c7ccccc7n7c8ccccc8c(cc54)c67)c3c1)-c1nccnc1-2. The average Bonchev–Trinajstić information content (AvgIpc) is 3.76. The van der Waals surface area contributed by atoms with Crippen LogP contribution in [-0.2, 0) is 0 Å². The summed E-state index contributed by atoms with van der Waals surface area (Å²) in [6.45, 7) is 0. The number of aromatic nitrogens is 4. The first-order valence-corrected chi connectivity index (χ1v) is 14.4. The minimum absolute atomic E-state index is 0.969. The Labute approximate surface area is 239 Å². The van der Waals surface area contributed by atoms with Crippen LogP contribution < -0.4 is 0 Å². The Morgan fingerprint density at radius 1 is 0.429 bits per heavy atom. The van der Waals surface area contributed by atoms with Crippen LogP contribution in [0.1, 0.15) is 0 Å². The topological polar surface area (TPSA) is 35.1 Å². The van der Waals surface area contributed by atoms with E-state index in [9.17, 15) is 0 Å². The van der Waals surface area contributed by atoms with Crippen LogP contribution in [0.3, 0.4) is 0 Å². The highest BCUT2D eigenvalue weighted by molar-refractivity contribution is 6.36. The Morgan fingerprint density at radius 3 is 1.83 bits per heavy atom. The third kappa shape index (κ3) is 2.27. The molecule has 192 valence electrons.